The Morgan fingerprint density at radius 3 is 2.47 bits per heavy atom. The maximum atomic E-state index is 13.7. The van der Waals surface area contributed by atoms with Crippen molar-refractivity contribution in [3.05, 3.63) is 23.0 Å². The van der Waals surface area contributed by atoms with Crippen LogP contribution in [0.3, 0.4) is 0 Å². The molecule has 0 N–H and O–H groups in total. The van der Waals surface area contributed by atoms with Crippen LogP contribution in [0.5, 0.6) is 0 Å². The lowest BCUT2D eigenvalue weighted by Crippen LogP contribution is -2.57. The van der Waals surface area contributed by atoms with E-state index in [1.807, 2.05) is 19.9 Å². The Bertz CT molecular complexity index is 1130. The Kier molecular flexibility index (Phi) is 4.13. The molecule has 32 heavy (non-hydrogen) atoms. The Hall–Kier alpha value is -1.79. The second-order valence-corrected chi connectivity index (χ2v) is 16.6. The fourth-order valence-corrected chi connectivity index (χ4v) is 8.04. The van der Waals surface area contributed by atoms with Crippen LogP contribution in [0.2, 0.25) is 23.2 Å². The van der Waals surface area contributed by atoms with Gasteiger partial charge in [-0.2, -0.15) is 5.26 Å². The van der Waals surface area contributed by atoms with Crippen molar-refractivity contribution in [3.63, 3.8) is 0 Å². The summed E-state index contributed by atoms with van der Waals surface area (Å²) >= 11 is 6.14. The van der Waals surface area contributed by atoms with Crippen molar-refractivity contribution in [1.82, 2.24) is 4.98 Å². The van der Waals surface area contributed by atoms with E-state index in [1.165, 1.54) is 17.2 Å². The lowest BCUT2D eigenvalue weighted by molar-refractivity contribution is -0.139. The van der Waals surface area contributed by atoms with Crippen molar-refractivity contribution in [1.29, 1.82) is 5.26 Å². The third-order valence-electron chi connectivity index (χ3n) is 8.83. The Balaban J connectivity index is 1.55. The number of fused-ring (bicyclic) bond motifs is 8. The van der Waals surface area contributed by atoms with Gasteiger partial charge in [0, 0.05) is 5.92 Å². The summed E-state index contributed by atoms with van der Waals surface area (Å²) in [6.07, 6.45) is 2.17. The molecule has 9 heteroatoms. The van der Waals surface area contributed by atoms with Gasteiger partial charge in [0.15, 0.2) is 14.0 Å². The molecule has 1 aromatic heterocycles. The molecule has 4 aliphatic rings. The molecule has 3 unspecified atom stereocenters. The number of hydrogen-bond donors (Lipinski definition) is 0. The van der Waals surface area contributed by atoms with E-state index in [1.54, 1.807) is 0 Å². The topological polar surface area (TPSA) is 92.5 Å². The predicted molar refractivity (Wildman–Crippen MR) is 120 cm³/mol. The van der Waals surface area contributed by atoms with Crippen LogP contribution in [0.4, 0.5) is 5.69 Å². The minimum atomic E-state index is -2.15. The molecule has 0 aromatic carbocycles. The van der Waals surface area contributed by atoms with Gasteiger partial charge in [0.1, 0.15) is 11.7 Å². The van der Waals surface area contributed by atoms with Crippen molar-refractivity contribution in [2.45, 2.75) is 76.0 Å². The van der Waals surface area contributed by atoms with Crippen LogP contribution in [0.25, 0.3) is 0 Å². The average molecular weight is 474 g/mol. The van der Waals surface area contributed by atoms with Crippen molar-refractivity contribution in [2.24, 2.45) is 17.8 Å². The van der Waals surface area contributed by atoms with Gasteiger partial charge < -0.3 is 9.16 Å². The molecule has 2 bridgehead atoms. The van der Waals surface area contributed by atoms with E-state index < -0.39 is 37.0 Å². The molecule has 7 nitrogen and oxygen atoms in total. The number of nitriles is 1. The van der Waals surface area contributed by atoms with Gasteiger partial charge in [-0.05, 0) is 44.5 Å². The van der Waals surface area contributed by atoms with Gasteiger partial charge in [0.05, 0.1) is 39.9 Å². The number of anilines is 1. The van der Waals surface area contributed by atoms with Gasteiger partial charge in [0.25, 0.3) is 0 Å². The number of pyridine rings is 1. The van der Waals surface area contributed by atoms with Crippen molar-refractivity contribution in [3.8, 4) is 6.07 Å². The number of carbonyl (C=O) groups is 2. The minimum Gasteiger partial charge on any atom is -0.408 e. The van der Waals surface area contributed by atoms with Crippen molar-refractivity contribution < 1.29 is 18.8 Å². The smallest absolute Gasteiger partial charge is 0.240 e. The van der Waals surface area contributed by atoms with E-state index in [0.717, 1.165) is 6.42 Å². The summed E-state index contributed by atoms with van der Waals surface area (Å²) in [4.78, 5) is 32.5. The molecule has 0 radical (unpaired) electrons. The number of rotatable bonds is 3. The van der Waals surface area contributed by atoms with Crippen LogP contribution in [-0.4, -0.2) is 41.9 Å². The predicted octanol–water partition coefficient (Wildman–Crippen LogP) is 4.05. The third-order valence-corrected chi connectivity index (χ3v) is 13.6. The number of halogens is 1. The van der Waals surface area contributed by atoms with Crippen LogP contribution < -0.4 is 4.90 Å². The number of carbonyl (C=O) groups excluding carboxylic acids is 2. The zero-order valence-electron chi connectivity index (χ0n) is 19.4. The quantitative estimate of drug-likeness (QED) is 0.485. The summed E-state index contributed by atoms with van der Waals surface area (Å²) in [6.45, 7) is 14.9. The third kappa shape index (κ3) is 2.35. The summed E-state index contributed by atoms with van der Waals surface area (Å²) < 4.78 is 13.5. The largest absolute Gasteiger partial charge is 0.408 e. The summed E-state index contributed by atoms with van der Waals surface area (Å²) in [5, 5.41) is 9.22. The molecule has 3 aliphatic heterocycles. The Morgan fingerprint density at radius 2 is 1.91 bits per heavy atom. The monoisotopic (exact) mass is 473 g/mol. The van der Waals surface area contributed by atoms with Gasteiger partial charge in [0.2, 0.25) is 11.8 Å². The first-order valence-electron chi connectivity index (χ1n) is 11.0. The van der Waals surface area contributed by atoms with Gasteiger partial charge in [-0.25, -0.2) is 9.88 Å². The Labute approximate surface area is 194 Å². The second kappa shape index (κ2) is 6.01. The fraction of sp³-hybridized carbons (Fsp3) is 0.652. The highest BCUT2D eigenvalue weighted by Crippen LogP contribution is 2.79. The van der Waals surface area contributed by atoms with E-state index in [-0.39, 0.29) is 39.2 Å². The zero-order chi connectivity index (χ0) is 23.6. The number of nitrogens with zero attached hydrogens (tertiary/aromatic N) is 3. The molecule has 3 saturated heterocycles. The van der Waals surface area contributed by atoms with Gasteiger partial charge >= 0.3 is 0 Å². The number of amides is 2. The van der Waals surface area contributed by atoms with Gasteiger partial charge in [-0.1, -0.05) is 32.4 Å². The molecule has 1 aliphatic carbocycles. The molecule has 170 valence electrons. The van der Waals surface area contributed by atoms with E-state index >= 15 is 0 Å². The van der Waals surface area contributed by atoms with E-state index in [2.05, 4.69) is 38.8 Å². The lowest BCUT2D eigenvalue weighted by atomic mass is 9.67. The SMILES string of the molecule is CC12OC(C)(C3C(=O)N(c4cnc(C#N)c(Cl)c4)C(=O)[C@@H]31)[C@@]1(O[Si](C)(C)C(C)(C)C)C[C@@H]21. The molecule has 4 fully saturated rings. The highest BCUT2D eigenvalue weighted by Gasteiger charge is 2.91. The molecule has 4 heterocycles. The normalized spacial score (nSPS) is 39.8. The van der Waals surface area contributed by atoms with Crippen molar-refractivity contribution in [2.75, 3.05) is 4.90 Å². The zero-order valence-corrected chi connectivity index (χ0v) is 21.2. The summed E-state index contributed by atoms with van der Waals surface area (Å²) in [6, 6.07) is 3.36. The maximum Gasteiger partial charge on any atom is 0.240 e. The number of aromatic nitrogens is 1. The first-order chi connectivity index (χ1) is 14.6. The number of ether oxygens (including phenoxy) is 1. The first-order valence-corrected chi connectivity index (χ1v) is 14.3. The fourth-order valence-electron chi connectivity index (χ4n) is 6.19. The van der Waals surface area contributed by atoms with Crippen LogP contribution in [0, 0.1) is 29.1 Å². The lowest BCUT2D eigenvalue weighted by Gasteiger charge is -2.45. The summed E-state index contributed by atoms with van der Waals surface area (Å²) in [7, 11) is -2.15. The molecule has 6 atom stereocenters. The van der Waals surface area contributed by atoms with Crippen LogP contribution in [0.1, 0.15) is 46.7 Å². The standard InChI is InChI=1S/C23H28ClN3O4Si/c1-20(2,3)32(6,7)31-23-9-15(23)21(4)16-17(22(23,5)30-21)19(29)27(18(16)28)12-8-13(24)14(10-25)26-11-12/h8,11,15-17H,9H2,1-7H3/t15-,16+,17?,21?,22?,23+/m0/s1. The van der Waals surface area contributed by atoms with Crippen LogP contribution >= 0.6 is 11.6 Å². The van der Waals surface area contributed by atoms with Crippen LogP contribution in [0.15, 0.2) is 12.3 Å². The number of hydrogen-bond acceptors (Lipinski definition) is 6. The highest BCUT2D eigenvalue weighted by molar-refractivity contribution is 6.74. The van der Waals surface area contributed by atoms with E-state index in [9.17, 15) is 9.59 Å². The molecule has 0 spiro atoms. The molecule has 1 aromatic rings. The van der Waals surface area contributed by atoms with E-state index in [4.69, 9.17) is 26.0 Å². The van der Waals surface area contributed by atoms with Gasteiger partial charge in [-0.3, -0.25) is 9.59 Å². The second-order valence-electron chi connectivity index (χ2n) is 11.5. The molecule has 2 amide bonds. The Morgan fingerprint density at radius 1 is 1.28 bits per heavy atom. The van der Waals surface area contributed by atoms with Gasteiger partial charge in [-0.15, -0.1) is 0 Å². The minimum absolute atomic E-state index is 0.0137. The van der Waals surface area contributed by atoms with Crippen molar-refractivity contribution >= 4 is 37.4 Å². The van der Waals surface area contributed by atoms with Crippen LogP contribution in [-0.2, 0) is 18.8 Å². The highest BCUT2D eigenvalue weighted by atomic mass is 35.5. The molecule has 5 rings (SSSR count). The summed E-state index contributed by atoms with van der Waals surface area (Å²) in [5.74, 6) is -1.72. The average Bonchev–Trinajstić information content (AvgIpc) is 3.21. The number of imide groups is 1. The summed E-state index contributed by atoms with van der Waals surface area (Å²) in [5.41, 5.74) is -1.83. The molecular formula is C23H28ClN3O4Si. The first kappa shape index (κ1) is 22.0. The van der Waals surface area contributed by atoms with E-state index in [0.29, 0.717) is 0 Å². The molecular weight excluding hydrogens is 446 g/mol. The maximum absolute atomic E-state index is 13.7. The molecule has 1 saturated carbocycles.